The molecule has 0 saturated heterocycles. The number of nitriles is 2. The Labute approximate surface area is 168 Å². The molecule has 0 saturated carbocycles. The number of nitrogens with zero attached hydrogens (tertiary/aromatic N) is 4. The number of para-hydroxylation sites is 2. The van der Waals surface area contributed by atoms with Crippen LogP contribution in [0.1, 0.15) is 38.8 Å². The minimum Gasteiger partial charge on any atom is -0.321 e. The fourth-order valence-electron chi connectivity index (χ4n) is 3.11. The third kappa shape index (κ3) is 4.13. The van der Waals surface area contributed by atoms with Crippen LogP contribution in [0.3, 0.4) is 0 Å². The van der Waals surface area contributed by atoms with Crippen molar-refractivity contribution in [3.63, 3.8) is 0 Å². The summed E-state index contributed by atoms with van der Waals surface area (Å²) in [5.74, 6) is 0. The van der Waals surface area contributed by atoms with Crippen molar-refractivity contribution < 1.29 is 0 Å². The molecule has 0 aliphatic carbocycles. The molecule has 0 radical (unpaired) electrons. The number of allylic oxidation sites excluding steroid dienone is 2. The molecule has 142 valence electrons. The average Bonchev–Trinajstić information content (AvgIpc) is 2.65. The maximum atomic E-state index is 9.97. The van der Waals surface area contributed by atoms with Crippen LogP contribution in [0.25, 0.3) is 0 Å². The molecule has 4 nitrogen and oxygen atoms in total. The lowest BCUT2D eigenvalue weighted by Crippen LogP contribution is -2.50. The summed E-state index contributed by atoms with van der Waals surface area (Å²) < 4.78 is 0. The van der Waals surface area contributed by atoms with Crippen LogP contribution in [-0.2, 0) is 0 Å². The Morgan fingerprint density at radius 1 is 0.893 bits per heavy atom. The van der Waals surface area contributed by atoms with E-state index >= 15 is 0 Å². The number of benzene rings is 2. The quantitative estimate of drug-likeness (QED) is 0.479. The SMILES string of the molecule is CC(C)=C(C#N)N(c1ccccc1C)C(C)(C)C(C#N)=Nc1ccccc1C. The molecule has 2 aromatic rings. The Morgan fingerprint density at radius 2 is 1.46 bits per heavy atom. The monoisotopic (exact) mass is 370 g/mol. The van der Waals surface area contributed by atoms with E-state index in [-0.39, 0.29) is 0 Å². The number of anilines is 1. The van der Waals surface area contributed by atoms with Gasteiger partial charge < -0.3 is 4.90 Å². The van der Waals surface area contributed by atoms with E-state index in [9.17, 15) is 10.5 Å². The van der Waals surface area contributed by atoms with E-state index in [1.807, 2.05) is 95.0 Å². The standard InChI is InChI=1S/C24H26N4/c1-17(2)22(15-25)28(21-14-10-8-12-19(21)4)24(5,6)23(16-26)27-20-13-9-7-11-18(20)3/h7-14H,1-6H3. The molecule has 0 aromatic heterocycles. The maximum absolute atomic E-state index is 9.97. The van der Waals surface area contributed by atoms with E-state index in [4.69, 9.17) is 0 Å². The van der Waals surface area contributed by atoms with Crippen LogP contribution in [0, 0.1) is 36.5 Å². The van der Waals surface area contributed by atoms with Crippen LogP contribution in [0.15, 0.2) is 64.8 Å². The zero-order valence-electron chi connectivity index (χ0n) is 17.4. The minimum absolute atomic E-state index is 0.346. The minimum atomic E-state index is -0.828. The predicted molar refractivity (Wildman–Crippen MR) is 116 cm³/mol. The lowest BCUT2D eigenvalue weighted by atomic mass is 9.92. The molecule has 0 fully saturated rings. The van der Waals surface area contributed by atoms with Gasteiger partial charge in [0.15, 0.2) is 0 Å². The van der Waals surface area contributed by atoms with Gasteiger partial charge in [-0.2, -0.15) is 10.5 Å². The van der Waals surface area contributed by atoms with Crippen LogP contribution in [0.4, 0.5) is 11.4 Å². The van der Waals surface area contributed by atoms with E-state index in [0.29, 0.717) is 11.4 Å². The summed E-state index contributed by atoms with van der Waals surface area (Å²) in [4.78, 5) is 6.61. The van der Waals surface area contributed by atoms with Crippen molar-refractivity contribution in [2.45, 2.75) is 47.1 Å². The lowest BCUT2D eigenvalue weighted by Gasteiger charge is -2.40. The lowest BCUT2D eigenvalue weighted by molar-refractivity contribution is 0.650. The zero-order valence-corrected chi connectivity index (χ0v) is 17.4. The van der Waals surface area contributed by atoms with Gasteiger partial charge in [0.1, 0.15) is 23.5 Å². The van der Waals surface area contributed by atoms with Crippen LogP contribution < -0.4 is 4.90 Å². The van der Waals surface area contributed by atoms with Crippen molar-refractivity contribution in [1.29, 1.82) is 10.5 Å². The van der Waals surface area contributed by atoms with Crippen molar-refractivity contribution >= 4 is 17.1 Å². The summed E-state index contributed by atoms with van der Waals surface area (Å²) >= 11 is 0. The molecule has 28 heavy (non-hydrogen) atoms. The first-order valence-corrected chi connectivity index (χ1v) is 9.22. The normalized spacial score (nSPS) is 11.4. The summed E-state index contributed by atoms with van der Waals surface area (Å²) in [6.45, 7) is 11.6. The summed E-state index contributed by atoms with van der Waals surface area (Å²) in [5, 5.41) is 19.9. The third-order valence-electron chi connectivity index (χ3n) is 4.75. The second-order valence-corrected chi connectivity index (χ2v) is 7.50. The van der Waals surface area contributed by atoms with Crippen molar-refractivity contribution in [3.05, 3.63) is 70.9 Å². The second kappa shape index (κ2) is 8.55. The highest BCUT2D eigenvalue weighted by Crippen LogP contribution is 2.34. The Morgan fingerprint density at radius 3 is 1.96 bits per heavy atom. The third-order valence-corrected chi connectivity index (χ3v) is 4.75. The molecule has 4 heteroatoms. The number of aliphatic imine (C=N–C) groups is 1. The first-order valence-electron chi connectivity index (χ1n) is 9.22. The smallest absolute Gasteiger partial charge is 0.143 e. The average molecular weight is 371 g/mol. The Balaban J connectivity index is 2.75. The van der Waals surface area contributed by atoms with Gasteiger partial charge in [-0.15, -0.1) is 0 Å². The number of rotatable bonds is 5. The first kappa shape index (κ1) is 20.9. The summed E-state index contributed by atoms with van der Waals surface area (Å²) in [6.07, 6.45) is 0. The summed E-state index contributed by atoms with van der Waals surface area (Å²) in [7, 11) is 0. The molecule has 0 N–H and O–H groups in total. The first-order chi connectivity index (χ1) is 13.2. The molecule has 0 atom stereocenters. The summed E-state index contributed by atoms with van der Waals surface area (Å²) in [6, 6.07) is 20.2. The topological polar surface area (TPSA) is 63.2 Å². The molecule has 0 amide bonds. The van der Waals surface area contributed by atoms with Crippen LogP contribution >= 0.6 is 0 Å². The molecular formula is C24H26N4. The van der Waals surface area contributed by atoms with E-state index in [1.54, 1.807) is 0 Å². The van der Waals surface area contributed by atoms with Gasteiger partial charge in [0.2, 0.25) is 0 Å². The summed E-state index contributed by atoms with van der Waals surface area (Å²) in [5.41, 5.74) is 4.59. The van der Waals surface area contributed by atoms with Crippen LogP contribution in [0.2, 0.25) is 0 Å². The van der Waals surface area contributed by atoms with Gasteiger partial charge >= 0.3 is 0 Å². The number of hydrogen-bond acceptors (Lipinski definition) is 4. The highest BCUT2D eigenvalue weighted by atomic mass is 15.2. The van der Waals surface area contributed by atoms with Gasteiger partial charge in [0.25, 0.3) is 0 Å². The van der Waals surface area contributed by atoms with Gasteiger partial charge in [0.05, 0.1) is 11.2 Å². The predicted octanol–water partition coefficient (Wildman–Crippen LogP) is 6.00. The van der Waals surface area contributed by atoms with E-state index in [0.717, 1.165) is 28.1 Å². The molecule has 0 aliphatic heterocycles. The Hall–Kier alpha value is -3.37. The number of aryl methyl sites for hydroxylation is 2. The Bertz CT molecular complexity index is 1010. The van der Waals surface area contributed by atoms with E-state index in [1.165, 1.54) is 0 Å². The van der Waals surface area contributed by atoms with Gasteiger partial charge in [0, 0.05) is 5.69 Å². The largest absolute Gasteiger partial charge is 0.321 e. The maximum Gasteiger partial charge on any atom is 0.143 e. The molecule has 2 rings (SSSR count). The Kier molecular flexibility index (Phi) is 6.39. The van der Waals surface area contributed by atoms with Crippen molar-refractivity contribution in [2.24, 2.45) is 4.99 Å². The van der Waals surface area contributed by atoms with Crippen molar-refractivity contribution in [3.8, 4) is 12.1 Å². The van der Waals surface area contributed by atoms with Crippen molar-refractivity contribution in [2.75, 3.05) is 4.90 Å². The molecule has 0 spiro atoms. The van der Waals surface area contributed by atoms with Crippen molar-refractivity contribution in [1.82, 2.24) is 0 Å². The fraction of sp³-hybridized carbons (Fsp3) is 0.292. The van der Waals surface area contributed by atoms with E-state index in [2.05, 4.69) is 17.1 Å². The fourth-order valence-corrected chi connectivity index (χ4v) is 3.11. The molecule has 0 bridgehead atoms. The van der Waals surface area contributed by atoms with Gasteiger partial charge in [-0.25, -0.2) is 4.99 Å². The van der Waals surface area contributed by atoms with Crippen LogP contribution in [-0.4, -0.2) is 11.3 Å². The molecule has 2 aromatic carbocycles. The second-order valence-electron chi connectivity index (χ2n) is 7.50. The molecule has 0 aliphatic rings. The molecular weight excluding hydrogens is 344 g/mol. The zero-order chi connectivity index (χ0) is 20.9. The highest BCUT2D eigenvalue weighted by Gasteiger charge is 2.36. The van der Waals surface area contributed by atoms with E-state index < -0.39 is 5.54 Å². The molecule has 0 heterocycles. The highest BCUT2D eigenvalue weighted by molar-refractivity contribution is 6.09. The van der Waals surface area contributed by atoms with Gasteiger partial charge in [-0.3, -0.25) is 0 Å². The molecule has 0 unspecified atom stereocenters. The van der Waals surface area contributed by atoms with Gasteiger partial charge in [-0.1, -0.05) is 36.4 Å². The van der Waals surface area contributed by atoms with Gasteiger partial charge in [-0.05, 0) is 70.4 Å². The van der Waals surface area contributed by atoms with Crippen LogP contribution in [0.5, 0.6) is 0 Å². The number of hydrogen-bond donors (Lipinski definition) is 0.